The molecule has 0 aromatic rings. The Morgan fingerprint density at radius 3 is 1.07 bits per heavy atom. The fourth-order valence-electron chi connectivity index (χ4n) is 10.9. The van der Waals surface area contributed by atoms with E-state index in [2.05, 4.69) is 20.8 Å². The van der Waals surface area contributed by atoms with Gasteiger partial charge in [0.05, 0.1) is 0 Å². The van der Waals surface area contributed by atoms with Crippen molar-refractivity contribution in [3.63, 3.8) is 0 Å². The first-order valence-corrected chi connectivity index (χ1v) is 25.3. The van der Waals surface area contributed by atoms with Crippen LogP contribution in [0.25, 0.3) is 0 Å². The van der Waals surface area contributed by atoms with E-state index in [1.807, 2.05) is 0 Å². The van der Waals surface area contributed by atoms with Crippen LogP contribution in [0.15, 0.2) is 0 Å². The maximum atomic E-state index is 2.99. The van der Waals surface area contributed by atoms with Gasteiger partial charge in [-0.3, -0.25) is 0 Å². The van der Waals surface area contributed by atoms with Crippen LogP contribution >= 0.6 is 23.8 Å². The average molecular weight is 649 g/mol. The van der Waals surface area contributed by atoms with Crippen molar-refractivity contribution in [1.82, 2.24) is 0 Å². The van der Waals surface area contributed by atoms with Crippen molar-refractivity contribution in [2.45, 2.75) is 228 Å². The lowest BCUT2D eigenvalue weighted by Gasteiger charge is -2.50. The van der Waals surface area contributed by atoms with Gasteiger partial charge in [-0.2, -0.15) is 0 Å². The molecule has 0 bridgehead atoms. The minimum Gasteiger partial charge on any atom is -0.100 e. The predicted molar refractivity (Wildman–Crippen MR) is 202 cm³/mol. The Labute approximate surface area is 274 Å². The van der Waals surface area contributed by atoms with E-state index in [-0.39, 0.29) is 23.8 Å². The molecule has 0 spiro atoms. The second-order valence-corrected chi connectivity index (χ2v) is 25.5. The number of hydrogen-bond acceptors (Lipinski definition) is 0. The first kappa shape index (κ1) is 35.6. The van der Waals surface area contributed by atoms with Gasteiger partial charge in [0.15, 0.2) is 0 Å². The molecule has 5 fully saturated rings. The fraction of sp³-hybridized carbons (Fsp3) is 1.00. The quantitative estimate of drug-likeness (QED) is 0.164. The lowest BCUT2D eigenvalue weighted by atomic mass is 9.98. The highest BCUT2D eigenvalue weighted by Crippen LogP contribution is 2.66. The van der Waals surface area contributed by atoms with E-state index in [1.165, 1.54) is 44.9 Å². The highest BCUT2D eigenvalue weighted by atomic mass is 31.1. The Hall–Kier alpha value is 1.29. The van der Waals surface area contributed by atoms with Crippen molar-refractivity contribution in [3.05, 3.63) is 0 Å². The van der Waals surface area contributed by atoms with Gasteiger partial charge in [-0.1, -0.05) is 139 Å². The van der Waals surface area contributed by atoms with Crippen molar-refractivity contribution in [2.75, 3.05) is 18.5 Å². The van der Waals surface area contributed by atoms with Crippen LogP contribution < -0.4 is 0 Å². The van der Waals surface area contributed by atoms with E-state index >= 15 is 0 Å². The Bertz CT molecular complexity index is 659. The molecule has 0 aromatic carbocycles. The lowest BCUT2D eigenvalue weighted by Crippen LogP contribution is -2.38. The Balaban J connectivity index is 1.46. The molecule has 0 heterocycles. The summed E-state index contributed by atoms with van der Waals surface area (Å²) in [6.45, 7) is 8.23. The van der Waals surface area contributed by atoms with Gasteiger partial charge >= 0.3 is 0 Å². The summed E-state index contributed by atoms with van der Waals surface area (Å²) in [6.07, 6.45) is 47.4. The second kappa shape index (κ2) is 18.7. The van der Waals surface area contributed by atoms with Crippen LogP contribution in [0.4, 0.5) is 0 Å². The maximum Gasteiger partial charge on any atom is -0.0207 e. The van der Waals surface area contributed by atoms with Crippen LogP contribution in [-0.2, 0) is 0 Å². The number of hydrogen-bond donors (Lipinski definition) is 0. The Morgan fingerprint density at radius 2 is 0.767 bits per heavy atom. The smallest absolute Gasteiger partial charge is 0.0207 e. The summed E-state index contributed by atoms with van der Waals surface area (Å²) in [5, 5.41) is 0. The van der Waals surface area contributed by atoms with Crippen LogP contribution in [0.1, 0.15) is 194 Å². The summed E-state index contributed by atoms with van der Waals surface area (Å²) < 4.78 is 0. The van der Waals surface area contributed by atoms with Crippen molar-refractivity contribution in [1.29, 1.82) is 0 Å². The van der Waals surface area contributed by atoms with E-state index in [1.54, 1.807) is 147 Å². The van der Waals surface area contributed by atoms with Crippen LogP contribution in [0.2, 0.25) is 0 Å². The fourth-order valence-corrected chi connectivity index (χ4v) is 24.0. The second-order valence-electron chi connectivity index (χ2n) is 16.9. The van der Waals surface area contributed by atoms with Crippen molar-refractivity contribution in [3.8, 4) is 0 Å². The first-order valence-electron chi connectivity index (χ1n) is 20.3. The molecule has 0 N–H and O–H groups in total. The summed E-state index contributed by atoms with van der Waals surface area (Å²) in [4.78, 5) is 0. The van der Waals surface area contributed by atoms with Crippen molar-refractivity contribution < 1.29 is 0 Å². The topological polar surface area (TPSA) is 0 Å². The molecule has 2 atom stereocenters. The molecule has 0 aromatic heterocycles. The third kappa shape index (κ3) is 10.6. The summed E-state index contributed by atoms with van der Waals surface area (Å²) in [5.74, 6) is 0. The van der Waals surface area contributed by atoms with E-state index < -0.39 is 0 Å². The molecule has 5 aliphatic carbocycles. The Morgan fingerprint density at radius 1 is 0.465 bits per heavy atom. The molecule has 3 heteroatoms. The molecule has 5 saturated carbocycles. The van der Waals surface area contributed by atoms with Gasteiger partial charge in [-0.05, 0) is 128 Å². The van der Waals surface area contributed by atoms with Gasteiger partial charge in [0.25, 0.3) is 0 Å². The van der Waals surface area contributed by atoms with Crippen LogP contribution in [0, 0.1) is 5.41 Å². The molecule has 0 radical (unpaired) electrons. The third-order valence-electron chi connectivity index (χ3n) is 13.2. The largest absolute Gasteiger partial charge is 0.100 e. The van der Waals surface area contributed by atoms with Crippen LogP contribution in [0.5, 0.6) is 0 Å². The minimum absolute atomic E-state index is 0.156. The average Bonchev–Trinajstić information content (AvgIpc) is 3.07. The van der Waals surface area contributed by atoms with Crippen molar-refractivity contribution in [2.24, 2.45) is 5.41 Å². The first-order chi connectivity index (χ1) is 21.1. The lowest BCUT2D eigenvalue weighted by molar-refractivity contribution is 0.441. The summed E-state index contributed by atoms with van der Waals surface area (Å²) in [7, 11) is 0.546. The summed E-state index contributed by atoms with van der Waals surface area (Å²) in [6, 6.07) is 0. The molecule has 0 saturated heterocycles. The van der Waals surface area contributed by atoms with Gasteiger partial charge in [0.1, 0.15) is 0 Å². The summed E-state index contributed by atoms with van der Waals surface area (Å²) >= 11 is 0. The SMILES string of the molecule is CCCC(C)P(CC(C)(CP(C1CCCCC1)C1CCCCC1)CP(C1CCCCC1)C1CCCCC1)C1CCCCC1. The molecule has 5 rings (SSSR count). The van der Waals surface area contributed by atoms with E-state index in [0.29, 0.717) is 5.41 Å². The highest BCUT2D eigenvalue weighted by molar-refractivity contribution is 7.61. The molecular weight excluding hydrogens is 573 g/mol. The van der Waals surface area contributed by atoms with Crippen molar-refractivity contribution >= 4 is 23.8 Å². The van der Waals surface area contributed by atoms with E-state index in [4.69, 9.17) is 0 Å². The van der Waals surface area contributed by atoms with Crippen LogP contribution in [0.3, 0.4) is 0 Å². The Kier molecular flexibility index (Phi) is 15.5. The van der Waals surface area contributed by atoms with Gasteiger partial charge in [0, 0.05) is 0 Å². The maximum absolute atomic E-state index is 2.99. The number of rotatable bonds is 14. The monoisotopic (exact) mass is 649 g/mol. The zero-order valence-corrected chi connectivity index (χ0v) is 32.2. The van der Waals surface area contributed by atoms with E-state index in [9.17, 15) is 0 Å². The van der Waals surface area contributed by atoms with Gasteiger partial charge in [-0.15, -0.1) is 7.92 Å². The normalized spacial score (nSPS) is 26.7. The molecule has 5 aliphatic rings. The highest BCUT2D eigenvalue weighted by Gasteiger charge is 2.44. The zero-order chi connectivity index (χ0) is 29.9. The molecule has 0 nitrogen and oxygen atoms in total. The van der Waals surface area contributed by atoms with Gasteiger partial charge in [-0.25, -0.2) is 0 Å². The summed E-state index contributed by atoms with van der Waals surface area (Å²) in [5.41, 5.74) is 7.30. The third-order valence-corrected chi connectivity index (χ3v) is 25.2. The van der Waals surface area contributed by atoms with Gasteiger partial charge in [0.2, 0.25) is 0 Å². The van der Waals surface area contributed by atoms with Crippen LogP contribution in [-0.4, -0.2) is 52.4 Å². The molecule has 2 unspecified atom stereocenters. The minimum atomic E-state index is 0.156. The molecule has 0 amide bonds. The van der Waals surface area contributed by atoms with Gasteiger partial charge < -0.3 is 0 Å². The van der Waals surface area contributed by atoms with E-state index in [0.717, 1.165) is 34.0 Å². The zero-order valence-electron chi connectivity index (χ0n) is 29.5. The standard InChI is InChI=1S/C40H75P3/c1-4-20-34(2)41(35-21-10-5-11-22-35)31-40(3,32-42(36-23-12-6-13-24-36)37-25-14-7-15-26-37)33-43(38-27-16-8-17-28-38)39-29-18-9-19-30-39/h34-39H,4-33H2,1-3H3. The molecule has 43 heavy (non-hydrogen) atoms. The molecule has 250 valence electrons. The predicted octanol–water partition coefficient (Wildman–Crippen LogP) is 14.3. The molecule has 0 aliphatic heterocycles. The molecular formula is C40H75P3.